The Hall–Kier alpha value is -2.45. The summed E-state index contributed by atoms with van der Waals surface area (Å²) in [5, 5.41) is 9.05. The van der Waals surface area contributed by atoms with E-state index in [0.717, 1.165) is 22.4 Å². The van der Waals surface area contributed by atoms with Crippen molar-refractivity contribution < 1.29 is 9.53 Å². The summed E-state index contributed by atoms with van der Waals surface area (Å²) in [5.41, 5.74) is 5.91. The quantitative estimate of drug-likeness (QED) is 0.721. The number of fused-ring (bicyclic) bond motifs is 1. The van der Waals surface area contributed by atoms with Crippen molar-refractivity contribution in [3.8, 4) is 17.2 Å². The molecule has 2 aromatic carbocycles. The van der Waals surface area contributed by atoms with Crippen LogP contribution in [0.1, 0.15) is 43.0 Å². The van der Waals surface area contributed by atoms with Crippen LogP contribution in [-0.2, 0) is 23.6 Å². The molecule has 5 heteroatoms. The van der Waals surface area contributed by atoms with Crippen LogP contribution in [0.4, 0.5) is 4.79 Å². The third-order valence-corrected chi connectivity index (χ3v) is 5.02. The van der Waals surface area contributed by atoms with E-state index in [1.807, 2.05) is 45.0 Å². The number of carbonyl (C=O) groups is 1. The van der Waals surface area contributed by atoms with Crippen molar-refractivity contribution in [3.63, 3.8) is 0 Å². The van der Waals surface area contributed by atoms with Gasteiger partial charge in [-0.25, -0.2) is 4.79 Å². The number of thioether (sulfide) groups is 1. The summed E-state index contributed by atoms with van der Waals surface area (Å²) in [6, 6.07) is 14.2. The van der Waals surface area contributed by atoms with E-state index in [0.29, 0.717) is 18.7 Å². The molecule has 3 rings (SSSR count). The van der Waals surface area contributed by atoms with Gasteiger partial charge in [-0.3, -0.25) is 4.90 Å². The Morgan fingerprint density at radius 3 is 2.52 bits per heavy atom. The Morgan fingerprint density at radius 1 is 1.22 bits per heavy atom. The van der Waals surface area contributed by atoms with Crippen molar-refractivity contribution in [3.05, 3.63) is 58.7 Å². The summed E-state index contributed by atoms with van der Waals surface area (Å²) in [5.74, 6) is 0.920. The molecule has 0 saturated carbocycles. The summed E-state index contributed by atoms with van der Waals surface area (Å²) in [6.07, 6.45) is 1.80. The van der Waals surface area contributed by atoms with Crippen molar-refractivity contribution in [2.75, 3.05) is 6.26 Å². The van der Waals surface area contributed by atoms with Gasteiger partial charge in [-0.1, -0.05) is 18.2 Å². The lowest BCUT2D eigenvalue weighted by Gasteiger charge is -2.24. The maximum atomic E-state index is 12.5. The van der Waals surface area contributed by atoms with Crippen LogP contribution in [0, 0.1) is 11.3 Å². The SMILES string of the molecule is CSCc1cc2c(c(-c3ccc(C#N)cc3)c1)CN(C(=O)OC(C)(C)C)C2. The Kier molecular flexibility index (Phi) is 5.48. The molecule has 0 radical (unpaired) electrons. The van der Waals surface area contributed by atoms with E-state index in [4.69, 9.17) is 10.00 Å². The predicted molar refractivity (Wildman–Crippen MR) is 109 cm³/mol. The van der Waals surface area contributed by atoms with Crippen LogP contribution in [0.5, 0.6) is 0 Å². The van der Waals surface area contributed by atoms with Crippen molar-refractivity contribution >= 4 is 17.9 Å². The number of carbonyl (C=O) groups excluding carboxylic acids is 1. The molecule has 4 nitrogen and oxygen atoms in total. The summed E-state index contributed by atoms with van der Waals surface area (Å²) in [4.78, 5) is 14.3. The number of benzene rings is 2. The summed E-state index contributed by atoms with van der Waals surface area (Å²) >= 11 is 1.78. The highest BCUT2D eigenvalue weighted by atomic mass is 32.2. The number of hydrogen-bond acceptors (Lipinski definition) is 4. The first-order chi connectivity index (χ1) is 12.8. The van der Waals surface area contributed by atoms with Gasteiger partial charge >= 0.3 is 6.09 Å². The average Bonchev–Trinajstić information content (AvgIpc) is 3.04. The van der Waals surface area contributed by atoms with Crippen LogP contribution < -0.4 is 0 Å². The highest BCUT2D eigenvalue weighted by Crippen LogP contribution is 2.35. The molecule has 0 atom stereocenters. The maximum Gasteiger partial charge on any atom is 0.410 e. The zero-order chi connectivity index (χ0) is 19.6. The second-order valence-corrected chi connectivity index (χ2v) is 8.61. The fraction of sp³-hybridized carbons (Fsp3) is 0.364. The number of nitriles is 1. The lowest BCUT2D eigenvalue weighted by Crippen LogP contribution is -2.33. The molecule has 0 spiro atoms. The van der Waals surface area contributed by atoms with Gasteiger partial charge in [0, 0.05) is 12.3 Å². The van der Waals surface area contributed by atoms with E-state index < -0.39 is 5.60 Å². The molecule has 0 fully saturated rings. The molecular weight excluding hydrogens is 356 g/mol. The molecule has 0 unspecified atom stereocenters. The molecule has 0 aromatic heterocycles. The van der Waals surface area contributed by atoms with E-state index in [1.54, 1.807) is 16.7 Å². The van der Waals surface area contributed by atoms with Crippen LogP contribution in [0.2, 0.25) is 0 Å². The van der Waals surface area contributed by atoms with Gasteiger partial charge in [-0.15, -0.1) is 0 Å². The smallest absolute Gasteiger partial charge is 0.410 e. The van der Waals surface area contributed by atoms with Crippen LogP contribution in [0.15, 0.2) is 36.4 Å². The third-order valence-electron chi connectivity index (χ3n) is 4.40. The van der Waals surface area contributed by atoms with Gasteiger partial charge in [0.15, 0.2) is 0 Å². The number of nitrogens with zero attached hydrogens (tertiary/aromatic N) is 2. The van der Waals surface area contributed by atoms with Gasteiger partial charge in [-0.2, -0.15) is 17.0 Å². The number of amides is 1. The topological polar surface area (TPSA) is 53.3 Å². The van der Waals surface area contributed by atoms with Gasteiger partial charge in [0.25, 0.3) is 0 Å². The van der Waals surface area contributed by atoms with E-state index in [1.165, 1.54) is 11.1 Å². The molecule has 1 aliphatic heterocycles. The zero-order valence-electron chi connectivity index (χ0n) is 16.2. The molecule has 0 bridgehead atoms. The summed E-state index contributed by atoms with van der Waals surface area (Å²) in [7, 11) is 0. The summed E-state index contributed by atoms with van der Waals surface area (Å²) < 4.78 is 5.55. The Bertz CT molecular complexity index is 892. The molecule has 1 aliphatic rings. The van der Waals surface area contributed by atoms with Crippen molar-refractivity contribution in [2.45, 2.75) is 45.2 Å². The number of ether oxygens (including phenoxy) is 1. The lowest BCUT2D eigenvalue weighted by atomic mass is 9.94. The second kappa shape index (κ2) is 7.66. The van der Waals surface area contributed by atoms with Crippen molar-refractivity contribution in [2.24, 2.45) is 0 Å². The van der Waals surface area contributed by atoms with Crippen molar-refractivity contribution in [1.29, 1.82) is 5.26 Å². The van der Waals surface area contributed by atoms with Crippen LogP contribution in [0.25, 0.3) is 11.1 Å². The van der Waals surface area contributed by atoms with Gasteiger partial charge in [0.1, 0.15) is 5.60 Å². The van der Waals surface area contributed by atoms with E-state index >= 15 is 0 Å². The highest BCUT2D eigenvalue weighted by Gasteiger charge is 2.29. The lowest BCUT2D eigenvalue weighted by molar-refractivity contribution is 0.0242. The minimum atomic E-state index is -0.508. The standard InChI is InChI=1S/C22H24N2O2S/c1-22(2,3)26-21(25)24-12-18-9-16(14-27-4)10-19(20(18)13-24)17-7-5-15(11-23)6-8-17/h5-10H,12-14H2,1-4H3. The monoisotopic (exact) mass is 380 g/mol. The molecule has 0 saturated heterocycles. The molecular formula is C22H24N2O2S. The first-order valence-corrected chi connectivity index (χ1v) is 10.3. The first kappa shape index (κ1) is 19.3. The molecule has 27 heavy (non-hydrogen) atoms. The summed E-state index contributed by atoms with van der Waals surface area (Å²) in [6.45, 7) is 6.75. The van der Waals surface area contributed by atoms with Gasteiger partial charge < -0.3 is 4.74 Å². The third kappa shape index (κ3) is 4.45. The van der Waals surface area contributed by atoms with Crippen LogP contribution >= 0.6 is 11.8 Å². The molecule has 0 N–H and O–H groups in total. The maximum absolute atomic E-state index is 12.5. The molecule has 140 valence electrons. The normalized spacial score (nSPS) is 13.2. The van der Waals surface area contributed by atoms with Crippen LogP contribution in [0.3, 0.4) is 0 Å². The molecule has 2 aromatic rings. The number of hydrogen-bond donors (Lipinski definition) is 0. The van der Waals surface area contributed by atoms with Crippen LogP contribution in [-0.4, -0.2) is 22.8 Å². The van der Waals surface area contributed by atoms with Gasteiger partial charge in [-0.05, 0) is 73.0 Å². The van der Waals surface area contributed by atoms with E-state index in [2.05, 4.69) is 24.5 Å². The molecule has 0 aliphatic carbocycles. The first-order valence-electron chi connectivity index (χ1n) is 8.93. The minimum absolute atomic E-state index is 0.282. The largest absolute Gasteiger partial charge is 0.444 e. The molecule has 1 heterocycles. The Balaban J connectivity index is 1.97. The van der Waals surface area contributed by atoms with E-state index in [9.17, 15) is 4.79 Å². The van der Waals surface area contributed by atoms with Gasteiger partial charge in [0.2, 0.25) is 0 Å². The predicted octanol–water partition coefficient (Wildman–Crippen LogP) is 5.34. The van der Waals surface area contributed by atoms with Gasteiger partial charge in [0.05, 0.1) is 18.2 Å². The fourth-order valence-electron chi connectivity index (χ4n) is 3.27. The molecule has 1 amide bonds. The zero-order valence-corrected chi connectivity index (χ0v) is 17.0. The Morgan fingerprint density at radius 2 is 1.93 bits per heavy atom. The van der Waals surface area contributed by atoms with E-state index in [-0.39, 0.29) is 6.09 Å². The Labute approximate surface area is 165 Å². The number of rotatable bonds is 3. The second-order valence-electron chi connectivity index (χ2n) is 7.74. The van der Waals surface area contributed by atoms with Crippen molar-refractivity contribution in [1.82, 2.24) is 4.90 Å². The minimum Gasteiger partial charge on any atom is -0.444 e. The highest BCUT2D eigenvalue weighted by molar-refractivity contribution is 7.97. The average molecular weight is 381 g/mol. The fourth-order valence-corrected chi connectivity index (χ4v) is 3.77.